The summed E-state index contributed by atoms with van der Waals surface area (Å²) in [7, 11) is 0. The standard InChI is InChI=1S/C12H10F3N3O2/c1-2-20-12(19)5-4-17-11-7(14)3-6(13)9(15)8(11)10(5)18-16/h3-4H,2,16H2,1H3,(H,17,18). The number of carbonyl (C=O) groups is 1. The molecule has 3 N–H and O–H groups in total. The van der Waals surface area contributed by atoms with Crippen LogP contribution in [0.5, 0.6) is 0 Å². The van der Waals surface area contributed by atoms with Crippen LogP contribution in [-0.4, -0.2) is 17.6 Å². The Kier molecular flexibility index (Phi) is 3.75. The van der Waals surface area contributed by atoms with Crippen molar-refractivity contribution in [2.45, 2.75) is 6.92 Å². The van der Waals surface area contributed by atoms with Gasteiger partial charge in [0.1, 0.15) is 11.1 Å². The number of halogens is 3. The van der Waals surface area contributed by atoms with Crippen molar-refractivity contribution < 1.29 is 22.7 Å². The van der Waals surface area contributed by atoms with Crippen molar-refractivity contribution >= 4 is 22.6 Å². The number of pyridine rings is 1. The second-order valence-corrected chi connectivity index (χ2v) is 3.79. The molecule has 1 heterocycles. The molecule has 1 aromatic carbocycles. The van der Waals surface area contributed by atoms with Gasteiger partial charge >= 0.3 is 5.97 Å². The minimum atomic E-state index is -1.41. The van der Waals surface area contributed by atoms with Crippen LogP contribution in [0, 0.1) is 17.5 Å². The maximum Gasteiger partial charge on any atom is 0.341 e. The van der Waals surface area contributed by atoms with E-state index in [9.17, 15) is 18.0 Å². The molecule has 0 aliphatic heterocycles. The first-order valence-corrected chi connectivity index (χ1v) is 5.61. The lowest BCUT2D eigenvalue weighted by Crippen LogP contribution is -2.16. The van der Waals surface area contributed by atoms with Gasteiger partial charge in [-0.05, 0) is 6.92 Å². The number of nitrogens with zero attached hydrogens (tertiary/aromatic N) is 1. The molecule has 2 rings (SSSR count). The van der Waals surface area contributed by atoms with Gasteiger partial charge in [-0.25, -0.2) is 18.0 Å². The van der Waals surface area contributed by atoms with Crippen molar-refractivity contribution in [2.24, 2.45) is 5.84 Å². The van der Waals surface area contributed by atoms with E-state index in [0.29, 0.717) is 6.07 Å². The minimum Gasteiger partial charge on any atom is -0.462 e. The Morgan fingerprint density at radius 2 is 2.10 bits per heavy atom. The first kappa shape index (κ1) is 14.1. The normalized spacial score (nSPS) is 10.7. The highest BCUT2D eigenvalue weighted by atomic mass is 19.2. The van der Waals surface area contributed by atoms with Crippen molar-refractivity contribution in [3.63, 3.8) is 0 Å². The number of aromatic nitrogens is 1. The van der Waals surface area contributed by atoms with Crippen LogP contribution in [0.4, 0.5) is 18.9 Å². The summed E-state index contributed by atoms with van der Waals surface area (Å²) in [5.41, 5.74) is 1.11. The molecule has 0 unspecified atom stereocenters. The average molecular weight is 285 g/mol. The molecule has 1 aromatic heterocycles. The molecular weight excluding hydrogens is 275 g/mol. The second kappa shape index (κ2) is 5.33. The first-order valence-electron chi connectivity index (χ1n) is 5.61. The Labute approximate surface area is 111 Å². The Bertz CT molecular complexity index is 691. The number of hydrogen-bond acceptors (Lipinski definition) is 5. The maximum absolute atomic E-state index is 13.8. The number of nitrogens with one attached hydrogen (secondary N) is 1. The van der Waals surface area contributed by atoms with Gasteiger partial charge in [-0.3, -0.25) is 10.8 Å². The van der Waals surface area contributed by atoms with E-state index in [1.807, 2.05) is 0 Å². The van der Waals surface area contributed by atoms with E-state index in [2.05, 4.69) is 10.4 Å². The molecule has 0 bridgehead atoms. The number of hydrogen-bond donors (Lipinski definition) is 2. The minimum absolute atomic E-state index is 0.0703. The van der Waals surface area contributed by atoms with E-state index in [4.69, 9.17) is 10.6 Å². The molecule has 0 aliphatic rings. The van der Waals surface area contributed by atoms with Crippen LogP contribution in [-0.2, 0) is 4.74 Å². The van der Waals surface area contributed by atoms with Crippen LogP contribution in [0.15, 0.2) is 12.3 Å². The van der Waals surface area contributed by atoms with E-state index in [-0.39, 0.29) is 17.9 Å². The summed E-state index contributed by atoms with van der Waals surface area (Å²) in [6, 6.07) is 0.370. The monoisotopic (exact) mass is 285 g/mol. The highest BCUT2D eigenvalue weighted by Crippen LogP contribution is 2.31. The highest BCUT2D eigenvalue weighted by molar-refractivity contribution is 6.05. The van der Waals surface area contributed by atoms with Crippen molar-refractivity contribution in [1.82, 2.24) is 4.98 Å². The van der Waals surface area contributed by atoms with Gasteiger partial charge in [0.05, 0.1) is 17.7 Å². The summed E-state index contributed by atoms with van der Waals surface area (Å²) in [6.45, 7) is 1.64. The molecule has 20 heavy (non-hydrogen) atoms. The number of benzene rings is 1. The zero-order valence-electron chi connectivity index (χ0n) is 10.3. The average Bonchev–Trinajstić information content (AvgIpc) is 2.43. The molecule has 0 radical (unpaired) electrons. The molecule has 0 saturated heterocycles. The molecule has 0 atom stereocenters. The maximum atomic E-state index is 13.8. The van der Waals surface area contributed by atoms with Gasteiger partial charge < -0.3 is 10.2 Å². The van der Waals surface area contributed by atoms with Crippen LogP contribution < -0.4 is 11.3 Å². The Hall–Kier alpha value is -2.35. The number of nitrogen functional groups attached to an aromatic ring is 1. The van der Waals surface area contributed by atoms with Crippen LogP contribution in [0.3, 0.4) is 0 Å². The van der Waals surface area contributed by atoms with E-state index >= 15 is 0 Å². The first-order chi connectivity index (χ1) is 9.51. The molecule has 5 nitrogen and oxygen atoms in total. The fourth-order valence-corrected chi connectivity index (χ4v) is 1.78. The number of esters is 1. The quantitative estimate of drug-likeness (QED) is 0.391. The van der Waals surface area contributed by atoms with Crippen molar-refractivity contribution in [1.29, 1.82) is 0 Å². The molecule has 8 heteroatoms. The summed E-state index contributed by atoms with van der Waals surface area (Å²) < 4.78 is 45.4. The van der Waals surface area contributed by atoms with Gasteiger partial charge in [-0.15, -0.1) is 0 Å². The summed E-state index contributed by atoms with van der Waals surface area (Å²) in [6.07, 6.45) is 0.982. The number of hydrazine groups is 1. The summed E-state index contributed by atoms with van der Waals surface area (Å²) in [4.78, 5) is 15.3. The number of fused-ring (bicyclic) bond motifs is 1. The third kappa shape index (κ3) is 2.14. The van der Waals surface area contributed by atoms with Gasteiger partial charge in [-0.2, -0.15) is 0 Å². The summed E-state index contributed by atoms with van der Waals surface area (Å²) in [5.74, 6) is 0.562. The van der Waals surface area contributed by atoms with Crippen molar-refractivity contribution in [3.8, 4) is 0 Å². The van der Waals surface area contributed by atoms with E-state index in [1.54, 1.807) is 6.92 Å². The fourth-order valence-electron chi connectivity index (χ4n) is 1.78. The van der Waals surface area contributed by atoms with Crippen LogP contribution in [0.25, 0.3) is 10.9 Å². The molecule has 2 aromatic rings. The van der Waals surface area contributed by atoms with Gasteiger partial charge in [0.25, 0.3) is 0 Å². The lowest BCUT2D eigenvalue weighted by atomic mass is 10.1. The third-order valence-electron chi connectivity index (χ3n) is 2.63. The lowest BCUT2D eigenvalue weighted by molar-refractivity contribution is 0.0527. The van der Waals surface area contributed by atoms with Crippen molar-refractivity contribution in [3.05, 3.63) is 35.3 Å². The molecule has 0 fully saturated rings. The molecular formula is C12H10F3N3O2. The lowest BCUT2D eigenvalue weighted by Gasteiger charge is -2.12. The smallest absolute Gasteiger partial charge is 0.341 e. The largest absolute Gasteiger partial charge is 0.462 e. The third-order valence-corrected chi connectivity index (χ3v) is 2.63. The molecule has 106 valence electrons. The van der Waals surface area contributed by atoms with Gasteiger partial charge in [0.2, 0.25) is 0 Å². The van der Waals surface area contributed by atoms with E-state index in [1.165, 1.54) is 0 Å². The van der Waals surface area contributed by atoms with Gasteiger partial charge in [-0.1, -0.05) is 0 Å². The number of carbonyl (C=O) groups excluding carboxylic acids is 1. The fraction of sp³-hybridized carbons (Fsp3) is 0.167. The van der Waals surface area contributed by atoms with E-state index in [0.717, 1.165) is 6.20 Å². The molecule has 0 saturated carbocycles. The van der Waals surface area contributed by atoms with Crippen LogP contribution in [0.1, 0.15) is 17.3 Å². The molecule has 0 aliphatic carbocycles. The predicted octanol–water partition coefficient (Wildman–Crippen LogP) is 2.11. The Morgan fingerprint density at radius 1 is 1.40 bits per heavy atom. The number of anilines is 1. The highest BCUT2D eigenvalue weighted by Gasteiger charge is 2.22. The molecule has 0 amide bonds. The van der Waals surface area contributed by atoms with Crippen LogP contribution >= 0.6 is 0 Å². The predicted molar refractivity (Wildman–Crippen MR) is 65.4 cm³/mol. The van der Waals surface area contributed by atoms with Gasteiger partial charge in [0.15, 0.2) is 17.5 Å². The van der Waals surface area contributed by atoms with Gasteiger partial charge in [0, 0.05) is 12.3 Å². The van der Waals surface area contributed by atoms with Crippen molar-refractivity contribution in [2.75, 3.05) is 12.0 Å². The van der Waals surface area contributed by atoms with Crippen LogP contribution in [0.2, 0.25) is 0 Å². The zero-order chi connectivity index (χ0) is 14.9. The zero-order valence-corrected chi connectivity index (χ0v) is 10.3. The number of rotatable bonds is 3. The number of nitrogens with two attached hydrogens (primary N) is 1. The topological polar surface area (TPSA) is 77.2 Å². The summed E-state index contributed by atoms with van der Waals surface area (Å²) >= 11 is 0. The molecule has 0 spiro atoms. The second-order valence-electron chi connectivity index (χ2n) is 3.79. The van der Waals surface area contributed by atoms with E-state index < -0.39 is 34.3 Å². The Balaban J connectivity index is 2.82. The SMILES string of the molecule is CCOC(=O)c1cnc2c(F)cc(F)c(F)c2c1NN. The summed E-state index contributed by atoms with van der Waals surface area (Å²) in [5, 5.41) is -0.546. The number of ether oxygens (including phenoxy) is 1. The Morgan fingerprint density at radius 3 is 2.70 bits per heavy atom.